The number of para-hydroxylation sites is 1. The maximum absolute atomic E-state index is 5.89. The normalized spacial score (nSPS) is 10.9. The molecule has 0 unspecified atom stereocenters. The Morgan fingerprint density at radius 3 is 2.80 bits per heavy atom. The van der Waals surface area contributed by atoms with Gasteiger partial charge in [-0.25, -0.2) is 4.98 Å². The second kappa shape index (κ2) is 5.61. The number of nitrogens with zero attached hydrogens (tertiary/aromatic N) is 2. The number of thiophene rings is 1. The molecule has 0 saturated heterocycles. The number of nitrogens with two attached hydrogens (primary N) is 1. The topological polar surface area (TPSA) is 42.2 Å². The van der Waals surface area contributed by atoms with Gasteiger partial charge in [0.15, 0.2) is 0 Å². The lowest BCUT2D eigenvalue weighted by molar-refractivity contribution is 0.894. The summed E-state index contributed by atoms with van der Waals surface area (Å²) in [5.41, 5.74) is 7.99. The Morgan fingerprint density at radius 1 is 1.20 bits per heavy atom. The van der Waals surface area contributed by atoms with Crippen LogP contribution >= 0.6 is 11.3 Å². The van der Waals surface area contributed by atoms with Crippen LogP contribution in [0.2, 0.25) is 0 Å². The highest BCUT2D eigenvalue weighted by molar-refractivity contribution is 7.09. The number of hydrogen-bond acceptors (Lipinski definition) is 4. The number of aromatic nitrogens is 1. The molecule has 2 N–H and O–H groups in total. The van der Waals surface area contributed by atoms with Crippen LogP contribution < -0.4 is 10.6 Å². The molecule has 102 valence electrons. The Morgan fingerprint density at radius 2 is 2.05 bits per heavy atom. The summed E-state index contributed by atoms with van der Waals surface area (Å²) >= 11 is 1.76. The highest BCUT2D eigenvalue weighted by Gasteiger charge is 2.11. The molecule has 0 bridgehead atoms. The van der Waals surface area contributed by atoms with Crippen LogP contribution in [0.1, 0.15) is 10.4 Å². The third-order valence-electron chi connectivity index (χ3n) is 3.33. The van der Waals surface area contributed by atoms with Gasteiger partial charge in [-0.3, -0.25) is 0 Å². The molecule has 2 aromatic heterocycles. The van der Waals surface area contributed by atoms with E-state index >= 15 is 0 Å². The molecule has 3 aromatic rings. The van der Waals surface area contributed by atoms with Crippen molar-refractivity contribution in [3.05, 3.63) is 58.3 Å². The molecule has 0 amide bonds. The monoisotopic (exact) mass is 283 g/mol. The third-order valence-corrected chi connectivity index (χ3v) is 4.20. The Labute approximate surface area is 122 Å². The molecule has 0 radical (unpaired) electrons. The molecule has 0 aliphatic heterocycles. The van der Waals surface area contributed by atoms with E-state index in [0.29, 0.717) is 6.54 Å². The maximum Gasteiger partial charge on any atom is 0.133 e. The first-order chi connectivity index (χ1) is 9.78. The quantitative estimate of drug-likeness (QED) is 0.798. The predicted molar refractivity (Wildman–Crippen MR) is 86.1 cm³/mol. The number of hydrogen-bond donors (Lipinski definition) is 1. The van der Waals surface area contributed by atoms with Crippen molar-refractivity contribution >= 4 is 28.1 Å². The minimum Gasteiger partial charge on any atom is -0.354 e. The SMILES string of the molecule is CN(Cc1cccs1)c1nc2ccccc2cc1CN. The average Bonchev–Trinajstić information content (AvgIpc) is 2.98. The fourth-order valence-corrected chi connectivity index (χ4v) is 3.10. The maximum atomic E-state index is 5.89. The van der Waals surface area contributed by atoms with E-state index in [2.05, 4.69) is 41.6 Å². The lowest BCUT2D eigenvalue weighted by Gasteiger charge is -2.21. The largest absolute Gasteiger partial charge is 0.354 e. The third kappa shape index (κ3) is 2.53. The van der Waals surface area contributed by atoms with Gasteiger partial charge in [0.05, 0.1) is 12.1 Å². The van der Waals surface area contributed by atoms with Gasteiger partial charge in [0, 0.05) is 29.4 Å². The van der Waals surface area contributed by atoms with Gasteiger partial charge in [0.25, 0.3) is 0 Å². The predicted octanol–water partition coefficient (Wildman–Crippen LogP) is 3.39. The van der Waals surface area contributed by atoms with E-state index in [1.165, 1.54) is 4.88 Å². The highest BCUT2D eigenvalue weighted by atomic mass is 32.1. The minimum absolute atomic E-state index is 0.502. The lowest BCUT2D eigenvalue weighted by atomic mass is 10.1. The molecule has 1 aromatic carbocycles. The Balaban J connectivity index is 2.00. The van der Waals surface area contributed by atoms with Gasteiger partial charge in [0.2, 0.25) is 0 Å². The first-order valence-corrected chi connectivity index (χ1v) is 7.48. The molecule has 2 heterocycles. The van der Waals surface area contributed by atoms with E-state index in [0.717, 1.165) is 28.8 Å². The Bertz CT molecular complexity index is 707. The van der Waals surface area contributed by atoms with Gasteiger partial charge in [-0.1, -0.05) is 24.3 Å². The van der Waals surface area contributed by atoms with Gasteiger partial charge >= 0.3 is 0 Å². The van der Waals surface area contributed by atoms with Crippen LogP contribution in [-0.2, 0) is 13.1 Å². The molecule has 4 heteroatoms. The van der Waals surface area contributed by atoms with Crippen LogP contribution in [0.4, 0.5) is 5.82 Å². The highest BCUT2D eigenvalue weighted by Crippen LogP contribution is 2.24. The first-order valence-electron chi connectivity index (χ1n) is 6.60. The molecule has 0 aliphatic carbocycles. The molecular weight excluding hydrogens is 266 g/mol. The fraction of sp³-hybridized carbons (Fsp3) is 0.188. The van der Waals surface area contributed by atoms with Crippen LogP contribution in [0.3, 0.4) is 0 Å². The van der Waals surface area contributed by atoms with Gasteiger partial charge in [0.1, 0.15) is 5.82 Å². The van der Waals surface area contributed by atoms with E-state index in [9.17, 15) is 0 Å². The van der Waals surface area contributed by atoms with Crippen molar-refractivity contribution < 1.29 is 0 Å². The van der Waals surface area contributed by atoms with E-state index in [-0.39, 0.29) is 0 Å². The molecule has 3 nitrogen and oxygen atoms in total. The number of anilines is 1. The molecule has 0 saturated carbocycles. The summed E-state index contributed by atoms with van der Waals surface area (Å²) in [5, 5.41) is 3.24. The van der Waals surface area contributed by atoms with E-state index < -0.39 is 0 Å². The number of fused-ring (bicyclic) bond motifs is 1. The summed E-state index contributed by atoms with van der Waals surface area (Å²) in [6, 6.07) is 14.5. The van der Waals surface area contributed by atoms with Crippen molar-refractivity contribution in [1.29, 1.82) is 0 Å². The van der Waals surface area contributed by atoms with Crippen molar-refractivity contribution in [1.82, 2.24) is 4.98 Å². The van der Waals surface area contributed by atoms with Crippen LogP contribution in [0.25, 0.3) is 10.9 Å². The second-order valence-electron chi connectivity index (χ2n) is 4.80. The molecule has 0 fully saturated rings. The standard InChI is InChI=1S/C16H17N3S/c1-19(11-14-6-4-8-20-14)16-13(10-17)9-12-5-2-3-7-15(12)18-16/h2-9H,10-11,17H2,1H3. The van der Waals surface area contributed by atoms with Gasteiger partial charge in [-0.05, 0) is 23.6 Å². The number of benzene rings is 1. The smallest absolute Gasteiger partial charge is 0.133 e. The number of rotatable bonds is 4. The molecular formula is C16H17N3S. The Hall–Kier alpha value is -1.91. The van der Waals surface area contributed by atoms with Crippen molar-refractivity contribution in [2.45, 2.75) is 13.1 Å². The zero-order chi connectivity index (χ0) is 13.9. The summed E-state index contributed by atoms with van der Waals surface area (Å²) in [4.78, 5) is 8.27. The molecule has 0 atom stereocenters. The van der Waals surface area contributed by atoms with E-state index in [1.54, 1.807) is 11.3 Å². The summed E-state index contributed by atoms with van der Waals surface area (Å²) in [6.45, 7) is 1.36. The van der Waals surface area contributed by atoms with Gasteiger partial charge in [-0.15, -0.1) is 11.3 Å². The van der Waals surface area contributed by atoms with Crippen LogP contribution in [-0.4, -0.2) is 12.0 Å². The first kappa shape index (κ1) is 13.1. The number of pyridine rings is 1. The summed E-state index contributed by atoms with van der Waals surface area (Å²) in [5.74, 6) is 0.972. The molecule has 3 rings (SSSR count). The van der Waals surface area contributed by atoms with E-state index in [4.69, 9.17) is 10.7 Å². The van der Waals surface area contributed by atoms with Gasteiger partial charge in [-0.2, -0.15) is 0 Å². The van der Waals surface area contributed by atoms with Crippen LogP contribution in [0.5, 0.6) is 0 Å². The summed E-state index contributed by atoms with van der Waals surface area (Å²) in [7, 11) is 2.07. The second-order valence-corrected chi connectivity index (χ2v) is 5.84. The van der Waals surface area contributed by atoms with Crippen molar-refractivity contribution in [3.63, 3.8) is 0 Å². The van der Waals surface area contributed by atoms with Crippen LogP contribution in [0, 0.1) is 0 Å². The summed E-state index contributed by atoms with van der Waals surface area (Å²) in [6.07, 6.45) is 0. The molecule has 0 spiro atoms. The van der Waals surface area contributed by atoms with Crippen molar-refractivity contribution in [2.75, 3.05) is 11.9 Å². The summed E-state index contributed by atoms with van der Waals surface area (Å²) < 4.78 is 0. The van der Waals surface area contributed by atoms with E-state index in [1.807, 2.05) is 18.2 Å². The Kier molecular flexibility index (Phi) is 3.67. The zero-order valence-electron chi connectivity index (χ0n) is 11.4. The fourth-order valence-electron chi connectivity index (χ4n) is 2.34. The zero-order valence-corrected chi connectivity index (χ0v) is 12.2. The molecule has 0 aliphatic rings. The van der Waals surface area contributed by atoms with Crippen molar-refractivity contribution in [3.8, 4) is 0 Å². The van der Waals surface area contributed by atoms with Gasteiger partial charge < -0.3 is 10.6 Å². The van der Waals surface area contributed by atoms with Crippen molar-refractivity contribution in [2.24, 2.45) is 5.73 Å². The lowest BCUT2D eigenvalue weighted by Crippen LogP contribution is -2.20. The van der Waals surface area contributed by atoms with Crippen LogP contribution in [0.15, 0.2) is 47.8 Å². The average molecular weight is 283 g/mol. The molecule has 20 heavy (non-hydrogen) atoms. The minimum atomic E-state index is 0.502.